The molecule has 0 aliphatic heterocycles. The third kappa shape index (κ3) is 4.04. The van der Waals surface area contributed by atoms with Crippen LogP contribution in [0.15, 0.2) is 48.5 Å². The number of amides is 2. The fourth-order valence-electron chi connectivity index (χ4n) is 1.82. The Morgan fingerprint density at radius 1 is 1.00 bits per heavy atom. The molecule has 0 fully saturated rings. The highest BCUT2D eigenvalue weighted by Gasteiger charge is 2.10. The fourth-order valence-corrected chi connectivity index (χ4v) is 2.36. The second-order valence-electron chi connectivity index (χ2n) is 4.74. The van der Waals surface area contributed by atoms with E-state index in [9.17, 15) is 9.59 Å². The number of anilines is 1. The number of nitrogens with one attached hydrogen (secondary N) is 1. The van der Waals surface area contributed by atoms with Crippen LogP contribution in [0.1, 0.15) is 20.7 Å². The molecule has 4 nitrogen and oxygen atoms in total. The maximum Gasteiger partial charge on any atom is 0.255 e. The average Bonchev–Trinajstić information content (AvgIpc) is 2.46. The molecule has 0 aliphatic rings. The van der Waals surface area contributed by atoms with Gasteiger partial charge in [-0.1, -0.05) is 12.1 Å². The summed E-state index contributed by atoms with van der Waals surface area (Å²) in [6.45, 7) is 0. The van der Waals surface area contributed by atoms with Crippen LogP contribution in [0.3, 0.4) is 0 Å². The number of rotatable bonds is 3. The zero-order valence-electron chi connectivity index (χ0n) is 11.8. The van der Waals surface area contributed by atoms with Crippen LogP contribution < -0.4 is 5.32 Å². The lowest BCUT2D eigenvalue weighted by molar-refractivity contribution is 0.0827. The molecule has 2 rings (SSSR count). The van der Waals surface area contributed by atoms with Crippen LogP contribution in [-0.2, 0) is 0 Å². The molecule has 0 bridgehead atoms. The number of carbonyl (C=O) groups excluding carboxylic acids is 2. The van der Waals surface area contributed by atoms with Crippen molar-refractivity contribution in [2.75, 3.05) is 19.4 Å². The number of nitrogens with zero attached hydrogens (tertiary/aromatic N) is 1. The summed E-state index contributed by atoms with van der Waals surface area (Å²) in [5, 5.41) is 2.81. The van der Waals surface area contributed by atoms with Gasteiger partial charge in [-0.2, -0.15) is 0 Å². The lowest BCUT2D eigenvalue weighted by atomic mass is 10.1. The van der Waals surface area contributed by atoms with Crippen molar-refractivity contribution in [2.24, 2.45) is 0 Å². The lowest BCUT2D eigenvalue weighted by Crippen LogP contribution is -2.22. The van der Waals surface area contributed by atoms with Crippen molar-refractivity contribution < 1.29 is 9.59 Å². The van der Waals surface area contributed by atoms with E-state index in [-0.39, 0.29) is 11.8 Å². The van der Waals surface area contributed by atoms with E-state index in [2.05, 4.69) is 27.9 Å². The van der Waals surface area contributed by atoms with Crippen molar-refractivity contribution in [2.45, 2.75) is 0 Å². The van der Waals surface area contributed by atoms with Crippen LogP contribution in [-0.4, -0.2) is 30.8 Å². The minimum atomic E-state index is -0.192. The SMILES string of the molecule is CN(C)C(=O)c1cccc(NC(=O)c2cccc(I)c2)c1. The van der Waals surface area contributed by atoms with Crippen LogP contribution in [0.2, 0.25) is 0 Å². The first-order chi connectivity index (χ1) is 9.97. The van der Waals surface area contributed by atoms with Gasteiger partial charge in [0.1, 0.15) is 0 Å². The summed E-state index contributed by atoms with van der Waals surface area (Å²) in [5.41, 5.74) is 1.73. The molecule has 1 N–H and O–H groups in total. The summed E-state index contributed by atoms with van der Waals surface area (Å²) in [5.74, 6) is -0.289. The Kier molecular flexibility index (Phi) is 4.95. The van der Waals surface area contributed by atoms with Gasteiger partial charge in [0.05, 0.1) is 0 Å². The molecule has 0 spiro atoms. The van der Waals surface area contributed by atoms with Gasteiger partial charge >= 0.3 is 0 Å². The van der Waals surface area contributed by atoms with Crippen LogP contribution >= 0.6 is 22.6 Å². The van der Waals surface area contributed by atoms with Gasteiger partial charge < -0.3 is 10.2 Å². The zero-order chi connectivity index (χ0) is 15.4. The number of hydrogen-bond donors (Lipinski definition) is 1. The van der Waals surface area contributed by atoms with E-state index < -0.39 is 0 Å². The lowest BCUT2D eigenvalue weighted by Gasteiger charge is -2.11. The smallest absolute Gasteiger partial charge is 0.255 e. The third-order valence-corrected chi connectivity index (χ3v) is 3.53. The summed E-state index contributed by atoms with van der Waals surface area (Å²) < 4.78 is 0.997. The summed E-state index contributed by atoms with van der Waals surface area (Å²) in [6.07, 6.45) is 0. The average molecular weight is 394 g/mol. The molecule has 0 unspecified atom stereocenters. The first kappa shape index (κ1) is 15.5. The summed E-state index contributed by atoms with van der Waals surface area (Å²) >= 11 is 2.16. The molecule has 108 valence electrons. The highest BCUT2D eigenvalue weighted by molar-refractivity contribution is 14.1. The molecule has 0 radical (unpaired) electrons. The Morgan fingerprint density at radius 3 is 2.33 bits per heavy atom. The van der Waals surface area contributed by atoms with E-state index in [4.69, 9.17) is 0 Å². The van der Waals surface area contributed by atoms with Gasteiger partial charge in [0.15, 0.2) is 0 Å². The van der Waals surface area contributed by atoms with Crippen LogP contribution in [0.4, 0.5) is 5.69 Å². The molecular weight excluding hydrogens is 379 g/mol. The topological polar surface area (TPSA) is 49.4 Å². The molecule has 2 amide bonds. The zero-order valence-corrected chi connectivity index (χ0v) is 13.9. The number of benzene rings is 2. The van der Waals surface area contributed by atoms with Crippen molar-refractivity contribution in [1.29, 1.82) is 0 Å². The van der Waals surface area contributed by atoms with Gasteiger partial charge in [-0.25, -0.2) is 0 Å². The molecule has 0 heterocycles. The Morgan fingerprint density at radius 2 is 1.67 bits per heavy atom. The molecule has 21 heavy (non-hydrogen) atoms. The van der Waals surface area contributed by atoms with E-state index >= 15 is 0 Å². The van der Waals surface area contributed by atoms with Crippen molar-refractivity contribution in [1.82, 2.24) is 4.90 Å². The Labute approximate surface area is 137 Å². The summed E-state index contributed by atoms with van der Waals surface area (Å²) in [7, 11) is 3.39. The van der Waals surface area contributed by atoms with Gasteiger partial charge in [-0.05, 0) is 59.0 Å². The van der Waals surface area contributed by atoms with Crippen molar-refractivity contribution in [3.8, 4) is 0 Å². The van der Waals surface area contributed by atoms with E-state index in [0.717, 1.165) is 3.57 Å². The summed E-state index contributed by atoms with van der Waals surface area (Å²) in [6, 6.07) is 14.2. The van der Waals surface area contributed by atoms with Crippen molar-refractivity contribution in [3.05, 3.63) is 63.2 Å². The van der Waals surface area contributed by atoms with Crippen LogP contribution in [0.5, 0.6) is 0 Å². The largest absolute Gasteiger partial charge is 0.345 e. The second kappa shape index (κ2) is 6.71. The normalized spacial score (nSPS) is 10.0. The van der Waals surface area contributed by atoms with Gasteiger partial charge in [-0.3, -0.25) is 9.59 Å². The Bertz CT molecular complexity index is 683. The third-order valence-electron chi connectivity index (χ3n) is 2.86. The minimum Gasteiger partial charge on any atom is -0.345 e. The molecule has 0 saturated carbocycles. The molecule has 2 aromatic rings. The number of carbonyl (C=O) groups is 2. The van der Waals surface area contributed by atoms with Crippen LogP contribution in [0, 0.1) is 3.57 Å². The first-order valence-corrected chi connectivity index (χ1v) is 7.44. The maximum absolute atomic E-state index is 12.2. The van der Waals surface area contributed by atoms with E-state index in [0.29, 0.717) is 16.8 Å². The van der Waals surface area contributed by atoms with Gasteiger partial charge in [-0.15, -0.1) is 0 Å². The van der Waals surface area contributed by atoms with Crippen LogP contribution in [0.25, 0.3) is 0 Å². The molecular formula is C16H15IN2O2. The van der Waals surface area contributed by atoms with E-state index in [1.165, 1.54) is 4.90 Å². The molecule has 0 aliphatic carbocycles. The highest BCUT2D eigenvalue weighted by atomic mass is 127. The fraction of sp³-hybridized carbons (Fsp3) is 0.125. The number of halogens is 1. The molecule has 0 atom stereocenters. The first-order valence-electron chi connectivity index (χ1n) is 6.36. The molecule has 5 heteroatoms. The quantitative estimate of drug-likeness (QED) is 0.813. The second-order valence-corrected chi connectivity index (χ2v) is 5.99. The monoisotopic (exact) mass is 394 g/mol. The molecule has 0 aromatic heterocycles. The minimum absolute atomic E-state index is 0.0969. The van der Waals surface area contributed by atoms with Gasteiger partial charge in [0, 0.05) is 34.5 Å². The molecule has 0 saturated heterocycles. The van der Waals surface area contributed by atoms with Crippen molar-refractivity contribution >= 4 is 40.1 Å². The van der Waals surface area contributed by atoms with Gasteiger partial charge in [0.2, 0.25) is 0 Å². The van der Waals surface area contributed by atoms with Crippen molar-refractivity contribution in [3.63, 3.8) is 0 Å². The number of hydrogen-bond acceptors (Lipinski definition) is 2. The van der Waals surface area contributed by atoms with E-state index in [1.54, 1.807) is 44.4 Å². The van der Waals surface area contributed by atoms with Gasteiger partial charge in [0.25, 0.3) is 11.8 Å². The Hall–Kier alpha value is -1.89. The predicted molar refractivity (Wildman–Crippen MR) is 91.6 cm³/mol. The summed E-state index contributed by atoms with van der Waals surface area (Å²) in [4.78, 5) is 25.6. The predicted octanol–water partition coefficient (Wildman–Crippen LogP) is 3.25. The Balaban J connectivity index is 2.18. The van der Waals surface area contributed by atoms with E-state index in [1.807, 2.05) is 18.2 Å². The standard InChI is InChI=1S/C16H15IN2O2/c1-19(2)16(21)12-6-4-8-14(10-12)18-15(20)11-5-3-7-13(17)9-11/h3-10H,1-2H3,(H,18,20). The maximum atomic E-state index is 12.2. The highest BCUT2D eigenvalue weighted by Crippen LogP contribution is 2.14. The molecule has 2 aromatic carbocycles.